The third-order valence-electron chi connectivity index (χ3n) is 3.21. The van der Waals surface area contributed by atoms with E-state index in [0.717, 1.165) is 5.69 Å². The molecule has 1 amide bonds. The van der Waals surface area contributed by atoms with Gasteiger partial charge in [0.25, 0.3) is 11.6 Å². The van der Waals surface area contributed by atoms with Crippen LogP contribution < -0.4 is 5.32 Å². The molecule has 3 aromatic rings. The number of amides is 1. The number of carbonyl (C=O) groups is 1. The Morgan fingerprint density at radius 3 is 2.57 bits per heavy atom. The number of non-ortho nitro benzene ring substituents is 1. The first kappa shape index (κ1) is 14.5. The van der Waals surface area contributed by atoms with Crippen molar-refractivity contribution in [2.75, 3.05) is 5.32 Å². The Balaban J connectivity index is 1.76. The van der Waals surface area contributed by atoms with Gasteiger partial charge in [-0.25, -0.2) is 4.68 Å². The topological polar surface area (TPSA) is 90.1 Å². The van der Waals surface area contributed by atoms with Gasteiger partial charge >= 0.3 is 0 Å². The Morgan fingerprint density at radius 2 is 1.91 bits per heavy atom. The van der Waals surface area contributed by atoms with Crippen LogP contribution in [0.5, 0.6) is 0 Å². The maximum Gasteiger partial charge on any atom is 0.271 e. The van der Waals surface area contributed by atoms with Gasteiger partial charge in [-0.3, -0.25) is 14.9 Å². The first-order valence-corrected chi connectivity index (χ1v) is 6.79. The number of aromatic nitrogens is 2. The van der Waals surface area contributed by atoms with Crippen LogP contribution in [0.25, 0.3) is 5.69 Å². The predicted molar refractivity (Wildman–Crippen MR) is 84.6 cm³/mol. The minimum Gasteiger partial charge on any atom is -0.322 e. The number of hydrogen-bond donors (Lipinski definition) is 1. The van der Waals surface area contributed by atoms with Crippen molar-refractivity contribution in [1.82, 2.24) is 9.78 Å². The molecule has 0 fully saturated rings. The second kappa shape index (κ2) is 6.10. The van der Waals surface area contributed by atoms with E-state index in [0.29, 0.717) is 11.3 Å². The first-order chi connectivity index (χ1) is 11.1. The number of nitrogens with zero attached hydrogens (tertiary/aromatic N) is 3. The lowest BCUT2D eigenvalue weighted by Crippen LogP contribution is -2.12. The number of anilines is 1. The second-order valence-electron chi connectivity index (χ2n) is 4.76. The van der Waals surface area contributed by atoms with Crippen LogP contribution in [0.4, 0.5) is 11.4 Å². The summed E-state index contributed by atoms with van der Waals surface area (Å²) in [4.78, 5) is 22.4. The zero-order valence-corrected chi connectivity index (χ0v) is 11.9. The summed E-state index contributed by atoms with van der Waals surface area (Å²) in [5, 5.41) is 17.5. The number of rotatable bonds is 4. The van der Waals surface area contributed by atoms with Gasteiger partial charge in [-0.15, -0.1) is 0 Å². The van der Waals surface area contributed by atoms with Crippen molar-refractivity contribution < 1.29 is 9.72 Å². The molecule has 0 aliphatic rings. The van der Waals surface area contributed by atoms with E-state index in [1.807, 2.05) is 6.07 Å². The second-order valence-corrected chi connectivity index (χ2v) is 4.76. The maximum absolute atomic E-state index is 12.2. The summed E-state index contributed by atoms with van der Waals surface area (Å²) in [5.74, 6) is -0.336. The lowest BCUT2D eigenvalue weighted by atomic mass is 10.2. The number of nitro benzene ring substituents is 1. The quantitative estimate of drug-likeness (QED) is 0.592. The third-order valence-corrected chi connectivity index (χ3v) is 3.21. The molecule has 1 N–H and O–H groups in total. The van der Waals surface area contributed by atoms with Crippen molar-refractivity contribution in [2.45, 2.75) is 0 Å². The summed E-state index contributed by atoms with van der Waals surface area (Å²) in [6.45, 7) is 0. The standard InChI is InChI=1S/C16H12N4O3/c21-16(18-13-3-1-4-15(11-13)20(22)23)12-5-7-14(8-6-12)19-10-2-9-17-19/h1-11H,(H,18,21). The van der Waals surface area contributed by atoms with Crippen LogP contribution in [0.1, 0.15) is 10.4 Å². The Morgan fingerprint density at radius 1 is 1.13 bits per heavy atom. The Hall–Kier alpha value is -3.48. The molecule has 0 aliphatic carbocycles. The summed E-state index contributed by atoms with van der Waals surface area (Å²) in [6, 6.07) is 14.5. The highest BCUT2D eigenvalue weighted by atomic mass is 16.6. The zero-order valence-electron chi connectivity index (χ0n) is 11.9. The first-order valence-electron chi connectivity index (χ1n) is 6.79. The largest absolute Gasteiger partial charge is 0.322 e. The van der Waals surface area contributed by atoms with Crippen LogP contribution in [0, 0.1) is 10.1 Å². The smallest absolute Gasteiger partial charge is 0.271 e. The van der Waals surface area contributed by atoms with E-state index in [2.05, 4.69) is 10.4 Å². The fourth-order valence-corrected chi connectivity index (χ4v) is 2.09. The summed E-state index contributed by atoms with van der Waals surface area (Å²) >= 11 is 0. The number of hydrogen-bond acceptors (Lipinski definition) is 4. The highest BCUT2D eigenvalue weighted by Crippen LogP contribution is 2.18. The van der Waals surface area contributed by atoms with Crippen LogP contribution in [-0.2, 0) is 0 Å². The molecule has 0 saturated heterocycles. The van der Waals surface area contributed by atoms with E-state index in [4.69, 9.17) is 0 Å². The molecule has 0 aliphatic heterocycles. The van der Waals surface area contributed by atoms with Gasteiger partial charge < -0.3 is 5.32 Å². The minimum atomic E-state index is -0.505. The van der Waals surface area contributed by atoms with Crippen molar-refractivity contribution in [2.24, 2.45) is 0 Å². The van der Waals surface area contributed by atoms with Crippen LogP contribution >= 0.6 is 0 Å². The molecule has 0 radical (unpaired) electrons. The predicted octanol–water partition coefficient (Wildman–Crippen LogP) is 3.03. The van der Waals surface area contributed by atoms with E-state index in [-0.39, 0.29) is 11.6 Å². The van der Waals surface area contributed by atoms with Gasteiger partial charge in [0, 0.05) is 35.8 Å². The summed E-state index contributed by atoms with van der Waals surface area (Å²) in [6.07, 6.45) is 3.47. The summed E-state index contributed by atoms with van der Waals surface area (Å²) in [7, 11) is 0. The average Bonchev–Trinajstić information content (AvgIpc) is 3.09. The number of nitrogens with one attached hydrogen (secondary N) is 1. The Kier molecular flexibility index (Phi) is 3.84. The van der Waals surface area contributed by atoms with Crippen molar-refractivity contribution in [3.8, 4) is 5.69 Å². The molecule has 1 aromatic heterocycles. The van der Waals surface area contributed by atoms with Gasteiger partial charge in [0.05, 0.1) is 10.6 Å². The fourth-order valence-electron chi connectivity index (χ4n) is 2.09. The normalized spacial score (nSPS) is 10.3. The minimum absolute atomic E-state index is 0.0724. The van der Waals surface area contributed by atoms with E-state index in [9.17, 15) is 14.9 Å². The molecule has 114 valence electrons. The molecule has 0 bridgehead atoms. The maximum atomic E-state index is 12.2. The van der Waals surface area contributed by atoms with Gasteiger partial charge in [0.2, 0.25) is 0 Å². The lowest BCUT2D eigenvalue weighted by molar-refractivity contribution is -0.384. The summed E-state index contributed by atoms with van der Waals surface area (Å²) < 4.78 is 1.68. The molecule has 2 aromatic carbocycles. The molecule has 3 rings (SSSR count). The highest BCUT2D eigenvalue weighted by Gasteiger charge is 2.10. The zero-order chi connectivity index (χ0) is 16.2. The molecule has 7 heteroatoms. The summed E-state index contributed by atoms with van der Waals surface area (Å²) in [5.41, 5.74) is 1.59. The molecule has 0 atom stereocenters. The van der Waals surface area contributed by atoms with Crippen LogP contribution in [0.3, 0.4) is 0 Å². The van der Waals surface area contributed by atoms with Crippen molar-refractivity contribution in [1.29, 1.82) is 0 Å². The van der Waals surface area contributed by atoms with Crippen molar-refractivity contribution >= 4 is 17.3 Å². The number of nitro groups is 1. The van der Waals surface area contributed by atoms with Crippen LogP contribution in [0.2, 0.25) is 0 Å². The van der Waals surface area contributed by atoms with Gasteiger partial charge in [-0.05, 0) is 36.4 Å². The average molecular weight is 308 g/mol. The van der Waals surface area contributed by atoms with E-state index in [1.165, 1.54) is 18.2 Å². The molecule has 0 unspecified atom stereocenters. The van der Waals surface area contributed by atoms with E-state index in [1.54, 1.807) is 47.4 Å². The van der Waals surface area contributed by atoms with E-state index < -0.39 is 4.92 Å². The van der Waals surface area contributed by atoms with Gasteiger partial charge in [0.15, 0.2) is 0 Å². The van der Waals surface area contributed by atoms with Gasteiger partial charge in [-0.2, -0.15) is 5.10 Å². The van der Waals surface area contributed by atoms with Gasteiger partial charge in [0.1, 0.15) is 0 Å². The van der Waals surface area contributed by atoms with E-state index >= 15 is 0 Å². The monoisotopic (exact) mass is 308 g/mol. The van der Waals surface area contributed by atoms with Crippen molar-refractivity contribution in [3.05, 3.63) is 82.7 Å². The molecule has 0 spiro atoms. The number of carbonyl (C=O) groups excluding carboxylic acids is 1. The lowest BCUT2D eigenvalue weighted by Gasteiger charge is -2.06. The van der Waals surface area contributed by atoms with Crippen LogP contribution in [0.15, 0.2) is 67.0 Å². The SMILES string of the molecule is O=C(Nc1cccc([N+](=O)[O-])c1)c1ccc(-n2cccn2)cc1. The Labute approximate surface area is 131 Å². The third kappa shape index (κ3) is 3.24. The molecule has 0 saturated carbocycles. The molecular weight excluding hydrogens is 296 g/mol. The fraction of sp³-hybridized carbons (Fsp3) is 0. The molecular formula is C16H12N4O3. The highest BCUT2D eigenvalue weighted by molar-refractivity contribution is 6.04. The molecule has 23 heavy (non-hydrogen) atoms. The van der Waals surface area contributed by atoms with Gasteiger partial charge in [-0.1, -0.05) is 6.07 Å². The van der Waals surface area contributed by atoms with Crippen LogP contribution in [-0.4, -0.2) is 20.6 Å². The Bertz CT molecular complexity index is 842. The number of benzene rings is 2. The molecule has 7 nitrogen and oxygen atoms in total. The molecule has 1 heterocycles. The van der Waals surface area contributed by atoms with Crippen molar-refractivity contribution in [3.63, 3.8) is 0 Å².